The fraction of sp³-hybridized carbons (Fsp3) is 0.409. The van der Waals surface area contributed by atoms with Crippen LogP contribution in [-0.2, 0) is 9.59 Å². The highest BCUT2D eigenvalue weighted by Gasteiger charge is 2.31. The van der Waals surface area contributed by atoms with Crippen LogP contribution in [0.5, 0.6) is 0 Å². The average molecular weight is 531 g/mol. The van der Waals surface area contributed by atoms with Crippen molar-refractivity contribution in [2.24, 2.45) is 0 Å². The summed E-state index contributed by atoms with van der Waals surface area (Å²) in [5.41, 5.74) is 1.44. The number of hydrogen-bond donors (Lipinski definition) is 5. The Labute approximate surface area is 205 Å². The zero-order valence-electron chi connectivity index (χ0n) is 18.6. The SMILES string of the molecule is O=C1CC(C(=O)NCCCNc2nc(Nc3cccc(NC(=O)N4CCCC4)c3)ncc2Br)N1. The molecule has 0 bridgehead atoms. The highest BCUT2D eigenvalue weighted by Crippen LogP contribution is 2.23. The van der Waals surface area contributed by atoms with Crippen LogP contribution in [0.15, 0.2) is 34.9 Å². The lowest BCUT2D eigenvalue weighted by Gasteiger charge is -2.25. The molecule has 2 saturated heterocycles. The molecule has 11 nitrogen and oxygen atoms in total. The van der Waals surface area contributed by atoms with Gasteiger partial charge in [0.15, 0.2) is 0 Å². The number of benzene rings is 1. The smallest absolute Gasteiger partial charge is 0.321 e. The maximum Gasteiger partial charge on any atom is 0.321 e. The number of amides is 4. The van der Waals surface area contributed by atoms with Crippen LogP contribution >= 0.6 is 15.9 Å². The van der Waals surface area contributed by atoms with Crippen molar-refractivity contribution >= 4 is 56.9 Å². The van der Waals surface area contributed by atoms with E-state index >= 15 is 0 Å². The number of hydrogen-bond acceptors (Lipinski definition) is 7. The molecule has 0 aliphatic carbocycles. The van der Waals surface area contributed by atoms with Crippen molar-refractivity contribution in [1.82, 2.24) is 25.5 Å². The van der Waals surface area contributed by atoms with E-state index in [4.69, 9.17) is 0 Å². The first kappa shape index (κ1) is 23.7. The molecule has 0 radical (unpaired) electrons. The molecule has 2 fully saturated rings. The highest BCUT2D eigenvalue weighted by molar-refractivity contribution is 9.10. The maximum atomic E-state index is 12.3. The number of carbonyl (C=O) groups is 3. The number of halogens is 1. The Hall–Kier alpha value is -3.41. The first-order chi connectivity index (χ1) is 16.5. The van der Waals surface area contributed by atoms with Crippen LogP contribution in [0, 0.1) is 0 Å². The largest absolute Gasteiger partial charge is 0.369 e. The zero-order valence-corrected chi connectivity index (χ0v) is 20.2. The van der Waals surface area contributed by atoms with Crippen molar-refractivity contribution in [2.75, 3.05) is 42.1 Å². The second kappa shape index (κ2) is 11.1. The third-order valence-electron chi connectivity index (χ3n) is 5.49. The average Bonchev–Trinajstić information content (AvgIpc) is 3.34. The van der Waals surface area contributed by atoms with Gasteiger partial charge in [-0.1, -0.05) is 6.07 Å². The number of urea groups is 1. The molecule has 180 valence electrons. The lowest BCUT2D eigenvalue weighted by molar-refractivity contribution is -0.137. The van der Waals surface area contributed by atoms with Gasteiger partial charge in [-0.3, -0.25) is 9.59 Å². The second-order valence-electron chi connectivity index (χ2n) is 8.12. The van der Waals surface area contributed by atoms with Crippen molar-refractivity contribution in [1.29, 1.82) is 0 Å². The molecule has 2 aliphatic rings. The molecule has 4 rings (SSSR count). The maximum absolute atomic E-state index is 12.3. The van der Waals surface area contributed by atoms with Gasteiger partial charge in [-0.05, 0) is 53.4 Å². The quantitative estimate of drug-likeness (QED) is 0.247. The minimum Gasteiger partial charge on any atom is -0.369 e. The van der Waals surface area contributed by atoms with E-state index in [1.807, 2.05) is 29.2 Å². The van der Waals surface area contributed by atoms with E-state index in [2.05, 4.69) is 52.5 Å². The third-order valence-corrected chi connectivity index (χ3v) is 6.07. The summed E-state index contributed by atoms with van der Waals surface area (Å²) < 4.78 is 0.714. The summed E-state index contributed by atoms with van der Waals surface area (Å²) in [5.74, 6) is 0.767. The van der Waals surface area contributed by atoms with Crippen LogP contribution in [0.4, 0.5) is 27.9 Å². The van der Waals surface area contributed by atoms with Gasteiger partial charge >= 0.3 is 6.03 Å². The van der Waals surface area contributed by atoms with Crippen molar-refractivity contribution in [3.63, 3.8) is 0 Å². The number of nitrogens with one attached hydrogen (secondary N) is 5. The normalized spacial score (nSPS) is 16.9. The lowest BCUT2D eigenvalue weighted by Crippen LogP contribution is -2.57. The van der Waals surface area contributed by atoms with Gasteiger partial charge in [-0.15, -0.1) is 0 Å². The number of nitrogens with zero attached hydrogens (tertiary/aromatic N) is 3. The van der Waals surface area contributed by atoms with E-state index < -0.39 is 6.04 Å². The highest BCUT2D eigenvalue weighted by atomic mass is 79.9. The summed E-state index contributed by atoms with van der Waals surface area (Å²) in [7, 11) is 0. The van der Waals surface area contributed by atoms with Gasteiger partial charge in [0.05, 0.1) is 10.9 Å². The third kappa shape index (κ3) is 6.34. The van der Waals surface area contributed by atoms with Crippen LogP contribution in [0.2, 0.25) is 0 Å². The van der Waals surface area contributed by atoms with E-state index in [1.165, 1.54) is 0 Å². The Balaban J connectivity index is 1.26. The monoisotopic (exact) mass is 530 g/mol. The second-order valence-corrected chi connectivity index (χ2v) is 8.97. The van der Waals surface area contributed by atoms with Crippen LogP contribution in [0.1, 0.15) is 25.7 Å². The first-order valence-electron chi connectivity index (χ1n) is 11.2. The number of rotatable bonds is 9. The fourth-order valence-electron chi connectivity index (χ4n) is 3.62. The van der Waals surface area contributed by atoms with Crippen molar-refractivity contribution < 1.29 is 14.4 Å². The molecule has 5 N–H and O–H groups in total. The number of aromatic nitrogens is 2. The van der Waals surface area contributed by atoms with E-state index in [0.29, 0.717) is 41.4 Å². The molecule has 4 amide bonds. The Morgan fingerprint density at radius 1 is 1.18 bits per heavy atom. The Bertz CT molecular complexity index is 1050. The molecule has 3 heterocycles. The van der Waals surface area contributed by atoms with Gasteiger partial charge in [0, 0.05) is 43.8 Å². The van der Waals surface area contributed by atoms with Crippen molar-refractivity contribution in [2.45, 2.75) is 31.7 Å². The summed E-state index contributed by atoms with van der Waals surface area (Å²) in [6.07, 6.45) is 4.67. The molecule has 1 aromatic carbocycles. The molecular formula is C22H27BrN8O3. The summed E-state index contributed by atoms with van der Waals surface area (Å²) in [6, 6.07) is 6.90. The van der Waals surface area contributed by atoms with E-state index in [-0.39, 0.29) is 24.3 Å². The minimum atomic E-state index is -0.405. The predicted molar refractivity (Wildman–Crippen MR) is 132 cm³/mol. The van der Waals surface area contributed by atoms with Gasteiger partial charge in [0.2, 0.25) is 17.8 Å². The van der Waals surface area contributed by atoms with E-state index in [1.54, 1.807) is 6.20 Å². The number of carbonyl (C=O) groups excluding carboxylic acids is 3. The fourth-order valence-corrected chi connectivity index (χ4v) is 3.96. The van der Waals surface area contributed by atoms with E-state index in [0.717, 1.165) is 31.6 Å². The zero-order chi connectivity index (χ0) is 23.9. The number of β-lactam (4-membered cyclic amide) rings is 1. The van der Waals surface area contributed by atoms with Crippen LogP contribution in [0.25, 0.3) is 0 Å². The molecule has 0 spiro atoms. The van der Waals surface area contributed by atoms with E-state index in [9.17, 15) is 14.4 Å². The molecule has 34 heavy (non-hydrogen) atoms. The Morgan fingerprint density at radius 2 is 1.94 bits per heavy atom. The minimum absolute atomic E-state index is 0.0883. The van der Waals surface area contributed by atoms with Crippen LogP contribution in [-0.4, -0.2) is 64.9 Å². The molecule has 2 aliphatic heterocycles. The molecule has 12 heteroatoms. The topological polar surface area (TPSA) is 140 Å². The van der Waals surface area contributed by atoms with Crippen LogP contribution < -0.4 is 26.6 Å². The summed E-state index contributed by atoms with van der Waals surface area (Å²) in [4.78, 5) is 45.7. The number of anilines is 4. The van der Waals surface area contributed by atoms with Crippen molar-refractivity contribution in [3.8, 4) is 0 Å². The van der Waals surface area contributed by atoms with Gasteiger partial charge < -0.3 is 31.5 Å². The number of likely N-dealkylation sites (tertiary alicyclic amines) is 1. The van der Waals surface area contributed by atoms with Gasteiger partial charge in [-0.25, -0.2) is 9.78 Å². The summed E-state index contributed by atoms with van der Waals surface area (Å²) in [5, 5.41) is 14.7. The molecule has 1 atom stereocenters. The summed E-state index contributed by atoms with van der Waals surface area (Å²) >= 11 is 3.44. The molecule has 2 aromatic rings. The molecule has 1 aromatic heterocycles. The van der Waals surface area contributed by atoms with Crippen LogP contribution in [0.3, 0.4) is 0 Å². The Morgan fingerprint density at radius 3 is 2.71 bits per heavy atom. The Kier molecular flexibility index (Phi) is 7.78. The molecule has 1 unspecified atom stereocenters. The standard InChI is InChI=1S/C22H27BrN8O3/c23-16-13-26-21(30-19(16)24-7-4-8-25-20(33)17-12-18(32)29-17)27-14-5-3-6-15(11-14)28-22(34)31-9-1-2-10-31/h3,5-6,11,13,17H,1-2,4,7-10,12H2,(H,25,33)(H,28,34)(H,29,32)(H2,24,26,27,30). The predicted octanol–water partition coefficient (Wildman–Crippen LogP) is 2.42. The first-order valence-corrected chi connectivity index (χ1v) is 12.0. The lowest BCUT2D eigenvalue weighted by atomic mass is 10.1. The van der Waals surface area contributed by atoms with Gasteiger partial charge in [0.1, 0.15) is 11.9 Å². The molecule has 0 saturated carbocycles. The summed E-state index contributed by atoms with van der Waals surface area (Å²) in [6.45, 7) is 2.65. The molecular weight excluding hydrogens is 504 g/mol. The van der Waals surface area contributed by atoms with Gasteiger partial charge in [-0.2, -0.15) is 4.98 Å². The van der Waals surface area contributed by atoms with Gasteiger partial charge in [0.25, 0.3) is 0 Å². The van der Waals surface area contributed by atoms with Crippen molar-refractivity contribution in [3.05, 3.63) is 34.9 Å².